The average molecular weight is 254 g/mol. The molecule has 1 aliphatic heterocycles. The van der Waals surface area contributed by atoms with Gasteiger partial charge in [0.05, 0.1) is 7.11 Å². The van der Waals surface area contributed by atoms with Gasteiger partial charge in [-0.25, -0.2) is 0 Å². The molecule has 1 N–H and O–H groups in total. The van der Waals surface area contributed by atoms with Crippen molar-refractivity contribution < 1.29 is 37.4 Å². The summed E-state index contributed by atoms with van der Waals surface area (Å²) in [6, 6.07) is 0. The van der Waals surface area contributed by atoms with Gasteiger partial charge in [0.2, 0.25) is 0 Å². The van der Waals surface area contributed by atoms with E-state index in [0.717, 1.165) is 17.0 Å². The van der Waals surface area contributed by atoms with Crippen molar-refractivity contribution in [1.29, 1.82) is 0 Å². The molecule has 3 nitrogen and oxygen atoms in total. The van der Waals surface area contributed by atoms with Crippen molar-refractivity contribution >= 4 is 0 Å². The second kappa shape index (κ2) is 5.58. The Morgan fingerprint density at radius 1 is 1.62 bits per heavy atom. The van der Waals surface area contributed by atoms with Crippen LogP contribution in [-0.2, 0) is 37.4 Å². The molecular formula is C9H13N2OY-. The number of hydrazine groups is 1. The van der Waals surface area contributed by atoms with Gasteiger partial charge in [0.25, 0.3) is 0 Å². The molecule has 0 amide bonds. The SMILES string of the molecule is C=C1C(OC)=CC(C)=[C-]N1NC.[Y]. The second-order valence-electron chi connectivity index (χ2n) is 2.51. The minimum atomic E-state index is 0. The molecule has 0 saturated carbocycles. The summed E-state index contributed by atoms with van der Waals surface area (Å²) < 4.78 is 5.12. The predicted molar refractivity (Wildman–Crippen MR) is 47.6 cm³/mol. The zero-order valence-electron chi connectivity index (χ0n) is 8.22. The Hall–Kier alpha value is -0.116. The molecule has 0 aliphatic carbocycles. The van der Waals surface area contributed by atoms with Crippen LogP contribution in [-0.4, -0.2) is 19.2 Å². The normalized spacial score (nSPS) is 15.9. The smallest absolute Gasteiger partial charge is 0.0744 e. The fourth-order valence-electron chi connectivity index (χ4n) is 1.03. The molecule has 1 aliphatic rings. The van der Waals surface area contributed by atoms with Crippen LogP contribution >= 0.6 is 0 Å². The summed E-state index contributed by atoms with van der Waals surface area (Å²) in [6.45, 7) is 5.80. The third-order valence-corrected chi connectivity index (χ3v) is 1.63. The molecule has 0 saturated heterocycles. The summed E-state index contributed by atoms with van der Waals surface area (Å²) in [5.74, 6) is 0.764. The van der Waals surface area contributed by atoms with Gasteiger partial charge in [0, 0.05) is 45.5 Å². The van der Waals surface area contributed by atoms with Crippen LogP contribution in [0.3, 0.4) is 0 Å². The Morgan fingerprint density at radius 2 is 2.23 bits per heavy atom. The number of rotatable bonds is 2. The van der Waals surface area contributed by atoms with Crippen molar-refractivity contribution in [2.45, 2.75) is 6.92 Å². The van der Waals surface area contributed by atoms with Crippen molar-refractivity contribution in [3.63, 3.8) is 0 Å². The van der Waals surface area contributed by atoms with Crippen LogP contribution in [0, 0.1) is 6.20 Å². The van der Waals surface area contributed by atoms with Crippen LogP contribution in [0.25, 0.3) is 0 Å². The maximum absolute atomic E-state index is 5.12. The first-order valence-corrected chi connectivity index (χ1v) is 3.71. The van der Waals surface area contributed by atoms with Crippen molar-refractivity contribution in [3.8, 4) is 0 Å². The zero-order chi connectivity index (χ0) is 9.14. The van der Waals surface area contributed by atoms with Crippen molar-refractivity contribution in [1.82, 2.24) is 10.4 Å². The molecule has 0 bridgehead atoms. The van der Waals surface area contributed by atoms with Crippen LogP contribution in [0.1, 0.15) is 6.92 Å². The first-order valence-electron chi connectivity index (χ1n) is 3.71. The van der Waals surface area contributed by atoms with Gasteiger partial charge in [-0.15, -0.1) is 18.2 Å². The third-order valence-electron chi connectivity index (χ3n) is 1.63. The van der Waals surface area contributed by atoms with E-state index in [-0.39, 0.29) is 32.7 Å². The molecule has 0 unspecified atom stereocenters. The molecule has 4 heteroatoms. The Bertz CT molecular complexity index is 258. The van der Waals surface area contributed by atoms with E-state index in [9.17, 15) is 0 Å². The fraction of sp³-hybridized carbons (Fsp3) is 0.333. The van der Waals surface area contributed by atoms with Crippen LogP contribution in [0.15, 0.2) is 29.7 Å². The summed E-state index contributed by atoms with van der Waals surface area (Å²) in [6.07, 6.45) is 4.96. The van der Waals surface area contributed by atoms with Crippen LogP contribution < -0.4 is 5.43 Å². The van der Waals surface area contributed by atoms with E-state index >= 15 is 0 Å². The maximum atomic E-state index is 5.12. The van der Waals surface area contributed by atoms with Gasteiger partial charge in [0.1, 0.15) is 0 Å². The van der Waals surface area contributed by atoms with Gasteiger partial charge in [-0.3, -0.25) is 5.43 Å². The molecule has 1 radical (unpaired) electrons. The largest absolute Gasteiger partial charge is 0.520 e. The minimum absolute atomic E-state index is 0. The molecule has 1 heterocycles. The summed E-state index contributed by atoms with van der Waals surface area (Å²) in [7, 11) is 3.44. The minimum Gasteiger partial charge on any atom is -0.520 e. The third kappa shape index (κ3) is 2.94. The summed E-state index contributed by atoms with van der Waals surface area (Å²) in [4.78, 5) is 0. The van der Waals surface area contributed by atoms with Gasteiger partial charge in [-0.1, -0.05) is 13.1 Å². The Kier molecular flexibility index (Phi) is 5.53. The average Bonchev–Trinajstić information content (AvgIpc) is 2.08. The number of hydrogen-bond acceptors (Lipinski definition) is 3. The van der Waals surface area contributed by atoms with Gasteiger partial charge in [-0.2, -0.15) is 0 Å². The Labute approximate surface area is 104 Å². The number of nitrogens with one attached hydrogen (secondary N) is 1. The number of nitrogens with zero attached hydrogens (tertiary/aromatic N) is 1. The van der Waals surface area contributed by atoms with Gasteiger partial charge >= 0.3 is 0 Å². The van der Waals surface area contributed by atoms with E-state index < -0.39 is 0 Å². The molecule has 0 aromatic rings. The van der Waals surface area contributed by atoms with E-state index in [1.165, 1.54) is 0 Å². The zero-order valence-corrected chi connectivity index (χ0v) is 11.1. The van der Waals surface area contributed by atoms with Crippen molar-refractivity contribution in [2.75, 3.05) is 14.2 Å². The number of ether oxygens (including phenoxy) is 1. The monoisotopic (exact) mass is 254 g/mol. The van der Waals surface area contributed by atoms with E-state index in [0.29, 0.717) is 0 Å². The molecule has 0 spiro atoms. The van der Waals surface area contributed by atoms with Gasteiger partial charge in [-0.05, 0) is 5.70 Å². The standard InChI is InChI=1S/C9H13N2O.Y/c1-7-5-9(12-4)8(2)11(6-7)10-3;/h5,10H,2H2,1,3-4H3;/q-1;. The van der Waals surface area contributed by atoms with E-state index in [2.05, 4.69) is 18.2 Å². The quantitative estimate of drug-likeness (QED) is 0.749. The molecule has 13 heavy (non-hydrogen) atoms. The molecular weight excluding hydrogens is 241 g/mol. The van der Waals surface area contributed by atoms with Crippen LogP contribution in [0.4, 0.5) is 0 Å². The Balaban J connectivity index is 0.00000144. The molecule has 0 aromatic carbocycles. The summed E-state index contributed by atoms with van der Waals surface area (Å²) in [5, 5.41) is 1.70. The van der Waals surface area contributed by atoms with E-state index in [4.69, 9.17) is 4.74 Å². The molecule has 1 rings (SSSR count). The molecule has 0 atom stereocenters. The van der Waals surface area contributed by atoms with Gasteiger partial charge < -0.3 is 9.75 Å². The second-order valence-corrected chi connectivity index (χ2v) is 2.51. The van der Waals surface area contributed by atoms with E-state index in [1.807, 2.05) is 20.0 Å². The number of hydrogen-bond donors (Lipinski definition) is 1. The first-order chi connectivity index (χ1) is 5.69. The van der Waals surface area contributed by atoms with Crippen LogP contribution in [0.5, 0.6) is 0 Å². The fourth-order valence-corrected chi connectivity index (χ4v) is 1.03. The number of methoxy groups -OCH3 is 1. The summed E-state index contributed by atoms with van der Waals surface area (Å²) >= 11 is 0. The maximum Gasteiger partial charge on any atom is 0.0744 e. The predicted octanol–water partition coefficient (Wildman–Crippen LogP) is 1.18. The Morgan fingerprint density at radius 3 is 2.69 bits per heavy atom. The van der Waals surface area contributed by atoms with E-state index in [1.54, 1.807) is 12.1 Å². The number of allylic oxidation sites excluding steroid dienone is 2. The van der Waals surface area contributed by atoms with Crippen molar-refractivity contribution in [2.24, 2.45) is 0 Å². The topological polar surface area (TPSA) is 24.5 Å². The van der Waals surface area contributed by atoms with Crippen molar-refractivity contribution in [3.05, 3.63) is 35.9 Å². The van der Waals surface area contributed by atoms with Crippen LogP contribution in [0.2, 0.25) is 0 Å². The molecule has 69 valence electrons. The summed E-state index contributed by atoms with van der Waals surface area (Å²) in [5.41, 5.74) is 4.71. The molecule has 0 aromatic heterocycles. The molecule has 0 fully saturated rings. The first kappa shape index (κ1) is 12.9. The van der Waals surface area contributed by atoms with Gasteiger partial charge in [0.15, 0.2) is 0 Å².